The van der Waals surface area contributed by atoms with E-state index in [-0.39, 0.29) is 5.56 Å². The van der Waals surface area contributed by atoms with Gasteiger partial charge in [0.1, 0.15) is 6.10 Å². The van der Waals surface area contributed by atoms with E-state index in [1.54, 1.807) is 13.8 Å². The van der Waals surface area contributed by atoms with E-state index in [4.69, 9.17) is 23.7 Å². The maximum atomic E-state index is 12.8. The molecule has 0 spiro atoms. The van der Waals surface area contributed by atoms with Crippen LogP contribution in [-0.2, 0) is 34.7 Å². The Labute approximate surface area is 151 Å². The van der Waals surface area contributed by atoms with Gasteiger partial charge in [0.05, 0.1) is 11.1 Å². The molecule has 1 aromatic rings. The molecular weight excluding hydrogens is 373 g/mol. The molecule has 0 aromatic heterocycles. The molecular formula is C17H15F3O7. The third-order valence-corrected chi connectivity index (χ3v) is 4.47. The smallest absolute Gasteiger partial charge is 0.416 e. The Morgan fingerprint density at radius 1 is 1.15 bits per heavy atom. The van der Waals surface area contributed by atoms with E-state index in [0.717, 1.165) is 18.2 Å². The number of benzene rings is 1. The number of esters is 2. The first-order valence-electron chi connectivity index (χ1n) is 8.15. The molecule has 0 saturated carbocycles. The van der Waals surface area contributed by atoms with Crippen LogP contribution >= 0.6 is 0 Å². The van der Waals surface area contributed by atoms with Gasteiger partial charge in [-0.3, -0.25) is 0 Å². The van der Waals surface area contributed by atoms with Gasteiger partial charge in [0.15, 0.2) is 24.3 Å². The van der Waals surface area contributed by atoms with Crippen molar-refractivity contribution in [3.63, 3.8) is 0 Å². The van der Waals surface area contributed by atoms with Crippen LogP contribution in [0.3, 0.4) is 0 Å². The molecule has 0 aliphatic carbocycles. The lowest BCUT2D eigenvalue weighted by atomic mass is 10.1. The molecule has 0 amide bonds. The number of hydrogen-bond donors (Lipinski definition) is 0. The summed E-state index contributed by atoms with van der Waals surface area (Å²) in [6, 6.07) is 3.72. The molecule has 3 aliphatic rings. The normalized spacial score (nSPS) is 34.1. The lowest BCUT2D eigenvalue weighted by Gasteiger charge is -2.21. The van der Waals surface area contributed by atoms with Gasteiger partial charge in [-0.15, -0.1) is 0 Å². The molecule has 0 bridgehead atoms. The number of carbonyl (C=O) groups is 2. The third-order valence-electron chi connectivity index (χ3n) is 4.47. The van der Waals surface area contributed by atoms with Gasteiger partial charge in [-0.1, -0.05) is 6.07 Å². The Morgan fingerprint density at radius 2 is 1.89 bits per heavy atom. The van der Waals surface area contributed by atoms with Crippen LogP contribution in [0.15, 0.2) is 24.3 Å². The van der Waals surface area contributed by atoms with E-state index in [0.29, 0.717) is 6.07 Å². The van der Waals surface area contributed by atoms with E-state index in [1.165, 1.54) is 0 Å². The number of ether oxygens (including phenoxy) is 5. The van der Waals surface area contributed by atoms with Crippen molar-refractivity contribution in [3.8, 4) is 0 Å². The Balaban J connectivity index is 1.49. The summed E-state index contributed by atoms with van der Waals surface area (Å²) in [6.45, 7) is 3.34. The lowest BCUT2D eigenvalue weighted by molar-refractivity contribution is -0.214. The summed E-state index contributed by atoms with van der Waals surface area (Å²) in [4.78, 5) is 24.3. The molecule has 3 fully saturated rings. The zero-order chi connectivity index (χ0) is 19.6. The Morgan fingerprint density at radius 3 is 2.59 bits per heavy atom. The fraction of sp³-hybridized carbons (Fsp3) is 0.529. The number of rotatable bonds is 2. The molecule has 3 aliphatic heterocycles. The molecule has 7 nitrogen and oxygen atoms in total. The largest absolute Gasteiger partial charge is 0.454 e. The first-order valence-corrected chi connectivity index (χ1v) is 8.15. The van der Waals surface area contributed by atoms with Crippen molar-refractivity contribution in [2.75, 3.05) is 0 Å². The van der Waals surface area contributed by atoms with E-state index in [9.17, 15) is 22.8 Å². The second-order valence-electron chi connectivity index (χ2n) is 6.88. The highest BCUT2D eigenvalue weighted by Crippen LogP contribution is 2.43. The van der Waals surface area contributed by atoms with E-state index < -0.39 is 60.2 Å². The molecule has 27 heavy (non-hydrogen) atoms. The zero-order valence-electron chi connectivity index (χ0n) is 14.2. The molecule has 0 unspecified atom stereocenters. The van der Waals surface area contributed by atoms with Crippen LogP contribution in [0.25, 0.3) is 0 Å². The quantitative estimate of drug-likeness (QED) is 0.718. The molecule has 146 valence electrons. The van der Waals surface area contributed by atoms with Crippen molar-refractivity contribution in [2.45, 2.75) is 56.5 Å². The molecule has 0 N–H and O–H groups in total. The molecule has 3 heterocycles. The van der Waals surface area contributed by atoms with Crippen LogP contribution in [0.4, 0.5) is 13.2 Å². The van der Waals surface area contributed by atoms with Crippen LogP contribution in [0.5, 0.6) is 0 Å². The first kappa shape index (κ1) is 18.2. The minimum absolute atomic E-state index is 0.340. The van der Waals surface area contributed by atoms with E-state index >= 15 is 0 Å². The van der Waals surface area contributed by atoms with Gasteiger partial charge in [0, 0.05) is 0 Å². The van der Waals surface area contributed by atoms with Crippen molar-refractivity contribution in [1.82, 2.24) is 0 Å². The fourth-order valence-corrected chi connectivity index (χ4v) is 3.34. The summed E-state index contributed by atoms with van der Waals surface area (Å²) in [5, 5.41) is 0. The van der Waals surface area contributed by atoms with Crippen molar-refractivity contribution >= 4 is 11.9 Å². The van der Waals surface area contributed by atoms with Crippen LogP contribution in [-0.4, -0.2) is 48.4 Å². The first-order chi connectivity index (χ1) is 12.5. The molecule has 5 atom stereocenters. The SMILES string of the molecule is CC1(C)O[C@H]2O[C@H]3[C@H](OC(=O)[C@@H]3OC(=O)c3cccc(C(F)(F)F)c3)[C@H]2O1. The Bertz CT molecular complexity index is 791. The van der Waals surface area contributed by atoms with Gasteiger partial charge in [0.25, 0.3) is 0 Å². The molecule has 4 rings (SSSR count). The van der Waals surface area contributed by atoms with Crippen molar-refractivity contribution in [3.05, 3.63) is 35.4 Å². The van der Waals surface area contributed by atoms with Gasteiger partial charge in [-0.05, 0) is 32.0 Å². The number of alkyl halides is 3. The highest BCUT2D eigenvalue weighted by molar-refractivity contribution is 5.92. The second-order valence-corrected chi connectivity index (χ2v) is 6.88. The monoisotopic (exact) mass is 388 g/mol. The predicted molar refractivity (Wildman–Crippen MR) is 79.2 cm³/mol. The lowest BCUT2D eigenvalue weighted by Crippen LogP contribution is -2.37. The van der Waals surface area contributed by atoms with Crippen LogP contribution in [0.1, 0.15) is 29.8 Å². The number of hydrogen-bond acceptors (Lipinski definition) is 7. The number of carbonyl (C=O) groups excluding carboxylic acids is 2. The molecule has 10 heteroatoms. The second kappa shape index (κ2) is 5.91. The van der Waals surface area contributed by atoms with Crippen molar-refractivity contribution in [2.24, 2.45) is 0 Å². The molecule has 3 saturated heterocycles. The van der Waals surface area contributed by atoms with Gasteiger partial charge in [0.2, 0.25) is 6.10 Å². The highest BCUT2D eigenvalue weighted by atomic mass is 19.4. The van der Waals surface area contributed by atoms with Gasteiger partial charge in [-0.25, -0.2) is 9.59 Å². The van der Waals surface area contributed by atoms with E-state index in [2.05, 4.69) is 0 Å². The van der Waals surface area contributed by atoms with Gasteiger partial charge >= 0.3 is 18.1 Å². The maximum absolute atomic E-state index is 12.8. The number of fused-ring (bicyclic) bond motifs is 3. The minimum atomic E-state index is -4.61. The average molecular weight is 388 g/mol. The summed E-state index contributed by atoms with van der Waals surface area (Å²) in [5.41, 5.74) is -1.34. The fourth-order valence-electron chi connectivity index (χ4n) is 3.34. The van der Waals surface area contributed by atoms with Gasteiger partial charge in [-0.2, -0.15) is 13.2 Å². The third kappa shape index (κ3) is 3.17. The van der Waals surface area contributed by atoms with Crippen LogP contribution < -0.4 is 0 Å². The Hall–Kier alpha value is -2.17. The molecule has 0 radical (unpaired) electrons. The average Bonchev–Trinajstić information content (AvgIpc) is 3.14. The summed E-state index contributed by atoms with van der Waals surface area (Å²) < 4.78 is 65.4. The summed E-state index contributed by atoms with van der Waals surface area (Å²) in [7, 11) is 0. The predicted octanol–water partition coefficient (Wildman–Crippen LogP) is 2.03. The highest BCUT2D eigenvalue weighted by Gasteiger charge is 2.64. The van der Waals surface area contributed by atoms with E-state index in [1.807, 2.05) is 0 Å². The maximum Gasteiger partial charge on any atom is 0.416 e. The van der Waals surface area contributed by atoms with Gasteiger partial charge < -0.3 is 23.7 Å². The van der Waals surface area contributed by atoms with Crippen LogP contribution in [0.2, 0.25) is 0 Å². The van der Waals surface area contributed by atoms with Crippen molar-refractivity contribution in [1.29, 1.82) is 0 Å². The Kier molecular flexibility index (Phi) is 3.99. The number of halogens is 3. The van der Waals surface area contributed by atoms with Crippen molar-refractivity contribution < 1.29 is 46.4 Å². The van der Waals surface area contributed by atoms with Crippen LogP contribution in [0, 0.1) is 0 Å². The molecule has 1 aromatic carbocycles. The standard InChI is InChI=1S/C17H15F3O7/c1-16(2)26-12-10-9(25-15(12)27-16)11(14(22)23-10)24-13(21)7-4-3-5-8(6-7)17(18,19)20/h3-6,9-12,15H,1-2H3/t9-,10-,11+,12+,15+/m0/s1. The summed E-state index contributed by atoms with van der Waals surface area (Å²) >= 11 is 0. The summed E-state index contributed by atoms with van der Waals surface area (Å²) in [5.74, 6) is -2.86. The summed E-state index contributed by atoms with van der Waals surface area (Å²) in [6.07, 6.45) is -9.29. The topological polar surface area (TPSA) is 80.3 Å². The zero-order valence-corrected chi connectivity index (χ0v) is 14.2. The minimum Gasteiger partial charge on any atom is -0.454 e.